The van der Waals surface area contributed by atoms with E-state index in [2.05, 4.69) is 10.4 Å². The van der Waals surface area contributed by atoms with Crippen LogP contribution in [-0.4, -0.2) is 42.5 Å². The Kier molecular flexibility index (Phi) is 7.41. The van der Waals surface area contributed by atoms with Crippen LogP contribution in [0.15, 0.2) is 53.4 Å². The van der Waals surface area contributed by atoms with Gasteiger partial charge in [-0.25, -0.2) is 17.4 Å². The number of halogens is 1. The molecule has 0 aliphatic heterocycles. The molecule has 7 nitrogen and oxygen atoms in total. The van der Waals surface area contributed by atoms with Crippen molar-refractivity contribution in [2.75, 3.05) is 19.4 Å². The number of carbonyl (C=O) groups excluding carboxylic acids is 1. The quantitative estimate of drug-likeness (QED) is 0.501. The minimum atomic E-state index is -3.63. The van der Waals surface area contributed by atoms with Gasteiger partial charge in [-0.05, 0) is 55.7 Å². The van der Waals surface area contributed by atoms with Crippen LogP contribution in [0.4, 0.5) is 5.69 Å². The second-order valence-electron chi connectivity index (χ2n) is 7.96. The van der Waals surface area contributed by atoms with Crippen LogP contribution < -0.4 is 5.32 Å². The first-order chi connectivity index (χ1) is 15.5. The zero-order valence-corrected chi connectivity index (χ0v) is 20.8. The fraction of sp³-hybridized carbons (Fsp3) is 0.250. The predicted octanol–water partition coefficient (Wildman–Crippen LogP) is 4.41. The molecular weight excluding hydrogens is 460 g/mol. The molecule has 174 valence electrons. The van der Waals surface area contributed by atoms with Gasteiger partial charge >= 0.3 is 0 Å². The van der Waals surface area contributed by atoms with Crippen LogP contribution in [-0.2, 0) is 21.4 Å². The first kappa shape index (κ1) is 24.7. The molecule has 0 aliphatic carbocycles. The van der Waals surface area contributed by atoms with E-state index in [4.69, 9.17) is 11.6 Å². The van der Waals surface area contributed by atoms with Crippen molar-refractivity contribution in [2.45, 2.75) is 32.2 Å². The molecule has 1 N–H and O–H groups in total. The zero-order valence-electron chi connectivity index (χ0n) is 19.3. The molecule has 0 saturated heterocycles. The van der Waals surface area contributed by atoms with Crippen LogP contribution in [0.3, 0.4) is 0 Å². The standard InChI is InChI=1S/C24H27ClN4O3S/c1-16-13-20(33(31,32)28(4)5)14-22(17(16)2)26-23(30)12-11-21-18(3)27-29(24(21)25)15-19-9-7-6-8-10-19/h6-14H,15H2,1-5H3,(H,26,30)/b12-11+. The fourth-order valence-electron chi connectivity index (χ4n) is 3.27. The lowest BCUT2D eigenvalue weighted by atomic mass is 10.1. The lowest BCUT2D eigenvalue weighted by molar-refractivity contribution is -0.111. The van der Waals surface area contributed by atoms with Gasteiger partial charge in [0.2, 0.25) is 15.9 Å². The molecular formula is C24H27ClN4O3S. The number of hydrogen-bond acceptors (Lipinski definition) is 4. The van der Waals surface area contributed by atoms with Gasteiger partial charge in [-0.2, -0.15) is 5.10 Å². The van der Waals surface area contributed by atoms with E-state index < -0.39 is 15.9 Å². The highest BCUT2D eigenvalue weighted by Gasteiger charge is 2.20. The highest BCUT2D eigenvalue weighted by atomic mass is 35.5. The van der Waals surface area contributed by atoms with Gasteiger partial charge in [0.1, 0.15) is 5.15 Å². The molecule has 0 bridgehead atoms. The van der Waals surface area contributed by atoms with Crippen molar-refractivity contribution in [3.05, 3.63) is 81.6 Å². The Labute approximate surface area is 199 Å². The SMILES string of the molecule is Cc1cc(S(=O)(=O)N(C)C)cc(NC(=O)/C=C/c2c(C)nn(Cc3ccccc3)c2Cl)c1C. The average Bonchev–Trinajstić information content (AvgIpc) is 3.02. The van der Waals surface area contributed by atoms with E-state index in [9.17, 15) is 13.2 Å². The molecule has 1 aromatic heterocycles. The van der Waals surface area contributed by atoms with E-state index in [0.717, 1.165) is 21.0 Å². The maximum absolute atomic E-state index is 12.6. The molecule has 3 aromatic rings. The maximum Gasteiger partial charge on any atom is 0.248 e. The van der Waals surface area contributed by atoms with Crippen molar-refractivity contribution in [1.82, 2.24) is 14.1 Å². The first-order valence-corrected chi connectivity index (χ1v) is 12.1. The minimum Gasteiger partial charge on any atom is -0.322 e. The maximum atomic E-state index is 12.6. The Bertz CT molecular complexity index is 1310. The number of rotatable bonds is 7. The van der Waals surface area contributed by atoms with Crippen LogP contribution in [0.2, 0.25) is 5.15 Å². The summed E-state index contributed by atoms with van der Waals surface area (Å²) >= 11 is 6.52. The Balaban J connectivity index is 1.82. The Morgan fingerprint density at radius 1 is 1.15 bits per heavy atom. The fourth-order valence-corrected chi connectivity index (χ4v) is 4.58. The van der Waals surface area contributed by atoms with Crippen molar-refractivity contribution in [3.63, 3.8) is 0 Å². The van der Waals surface area contributed by atoms with Gasteiger partial charge < -0.3 is 5.32 Å². The van der Waals surface area contributed by atoms with E-state index >= 15 is 0 Å². The first-order valence-electron chi connectivity index (χ1n) is 10.3. The second-order valence-corrected chi connectivity index (χ2v) is 10.5. The third kappa shape index (κ3) is 5.52. The van der Waals surface area contributed by atoms with Crippen LogP contribution >= 0.6 is 11.6 Å². The molecule has 0 fully saturated rings. The Morgan fingerprint density at radius 2 is 1.82 bits per heavy atom. The van der Waals surface area contributed by atoms with Crippen molar-refractivity contribution in [2.24, 2.45) is 0 Å². The number of sulfonamides is 1. The molecule has 0 aliphatic rings. The summed E-state index contributed by atoms with van der Waals surface area (Å²) in [6, 6.07) is 12.9. The lowest BCUT2D eigenvalue weighted by Crippen LogP contribution is -2.22. The number of carbonyl (C=O) groups is 1. The van der Waals surface area contributed by atoms with E-state index in [1.165, 1.54) is 26.2 Å². The summed E-state index contributed by atoms with van der Waals surface area (Å²) in [7, 11) is -0.693. The van der Waals surface area contributed by atoms with Crippen molar-refractivity contribution in [3.8, 4) is 0 Å². The number of nitrogens with zero attached hydrogens (tertiary/aromatic N) is 3. The zero-order chi connectivity index (χ0) is 24.3. The Morgan fingerprint density at radius 3 is 2.45 bits per heavy atom. The molecule has 2 aromatic carbocycles. The molecule has 0 saturated carbocycles. The molecule has 0 atom stereocenters. The normalized spacial score (nSPS) is 12.0. The third-order valence-corrected chi connectivity index (χ3v) is 7.55. The number of hydrogen-bond donors (Lipinski definition) is 1. The van der Waals surface area contributed by atoms with Crippen LogP contribution in [0.1, 0.15) is 27.9 Å². The van der Waals surface area contributed by atoms with E-state index in [1.54, 1.807) is 23.7 Å². The molecule has 9 heteroatoms. The molecule has 3 rings (SSSR count). The van der Waals surface area contributed by atoms with Gasteiger partial charge in [-0.15, -0.1) is 0 Å². The lowest BCUT2D eigenvalue weighted by Gasteiger charge is -2.16. The predicted molar refractivity (Wildman–Crippen MR) is 132 cm³/mol. The van der Waals surface area contributed by atoms with Crippen LogP contribution in [0.5, 0.6) is 0 Å². The molecule has 0 radical (unpaired) electrons. The third-order valence-electron chi connectivity index (χ3n) is 5.36. The van der Waals surface area contributed by atoms with Crippen molar-refractivity contribution >= 4 is 39.3 Å². The highest BCUT2D eigenvalue weighted by molar-refractivity contribution is 7.89. The van der Waals surface area contributed by atoms with Gasteiger partial charge in [-0.1, -0.05) is 41.9 Å². The van der Waals surface area contributed by atoms with Gasteiger partial charge in [0.25, 0.3) is 0 Å². The average molecular weight is 487 g/mol. The summed E-state index contributed by atoms with van der Waals surface area (Å²) in [5, 5.41) is 7.69. The van der Waals surface area contributed by atoms with Crippen LogP contribution in [0.25, 0.3) is 6.08 Å². The van der Waals surface area contributed by atoms with Gasteiger partial charge in [0, 0.05) is 31.4 Å². The number of anilines is 1. The summed E-state index contributed by atoms with van der Waals surface area (Å²) in [5.74, 6) is -0.400. The monoisotopic (exact) mass is 486 g/mol. The van der Waals surface area contributed by atoms with E-state index in [-0.39, 0.29) is 4.90 Å². The van der Waals surface area contributed by atoms with Crippen LogP contribution in [0, 0.1) is 20.8 Å². The summed E-state index contributed by atoms with van der Waals surface area (Å²) in [6.07, 6.45) is 2.98. The minimum absolute atomic E-state index is 0.121. The molecule has 1 heterocycles. The topological polar surface area (TPSA) is 84.3 Å². The van der Waals surface area contributed by atoms with Gasteiger partial charge in [0.05, 0.1) is 17.1 Å². The summed E-state index contributed by atoms with van der Waals surface area (Å²) < 4.78 is 27.9. The number of nitrogens with one attached hydrogen (secondary N) is 1. The number of amides is 1. The second kappa shape index (κ2) is 9.91. The summed E-state index contributed by atoms with van der Waals surface area (Å²) in [4.78, 5) is 12.8. The molecule has 1 amide bonds. The smallest absolute Gasteiger partial charge is 0.248 e. The molecule has 33 heavy (non-hydrogen) atoms. The van der Waals surface area contributed by atoms with Crippen molar-refractivity contribution in [1.29, 1.82) is 0 Å². The number of benzene rings is 2. The van der Waals surface area contributed by atoms with Gasteiger partial charge in [0.15, 0.2) is 0 Å². The number of aromatic nitrogens is 2. The van der Waals surface area contributed by atoms with Gasteiger partial charge in [-0.3, -0.25) is 4.79 Å². The molecule has 0 unspecified atom stereocenters. The van der Waals surface area contributed by atoms with E-state index in [0.29, 0.717) is 28.6 Å². The molecule has 0 spiro atoms. The van der Waals surface area contributed by atoms with E-state index in [1.807, 2.05) is 44.2 Å². The number of aryl methyl sites for hydroxylation is 2. The summed E-state index contributed by atoms with van der Waals surface area (Å²) in [5.41, 5.74) is 4.41. The Hall–Kier alpha value is -2.94. The largest absolute Gasteiger partial charge is 0.322 e. The highest BCUT2D eigenvalue weighted by Crippen LogP contribution is 2.26. The summed E-state index contributed by atoms with van der Waals surface area (Å²) in [6.45, 7) is 5.98. The van der Waals surface area contributed by atoms with Crippen molar-refractivity contribution < 1.29 is 13.2 Å².